The Kier molecular flexibility index (Phi) is 7.04. The van der Waals surface area contributed by atoms with E-state index in [1.54, 1.807) is 12.1 Å². The van der Waals surface area contributed by atoms with Gasteiger partial charge < -0.3 is 9.84 Å². The highest BCUT2D eigenvalue weighted by molar-refractivity contribution is 8.13. The number of aryl methyl sites for hydroxylation is 2. The highest BCUT2D eigenvalue weighted by Gasteiger charge is 2.30. The molecule has 0 aromatic heterocycles. The molecule has 3 nitrogen and oxygen atoms in total. The molecule has 2 atom stereocenters. The summed E-state index contributed by atoms with van der Waals surface area (Å²) in [5.41, 5.74) is 3.69. The molecule has 3 aromatic carbocycles. The van der Waals surface area contributed by atoms with Gasteiger partial charge in [0.15, 0.2) is 6.10 Å². The first-order chi connectivity index (χ1) is 13.6. The molecule has 4 heteroatoms. The van der Waals surface area contributed by atoms with Crippen LogP contribution in [0.2, 0.25) is 0 Å². The largest absolute Gasteiger partial charge is 0.385 e. The van der Waals surface area contributed by atoms with Gasteiger partial charge in [-0.05, 0) is 47.9 Å². The van der Waals surface area contributed by atoms with E-state index in [0.717, 1.165) is 33.3 Å². The minimum Gasteiger partial charge on any atom is -0.385 e. The van der Waals surface area contributed by atoms with Crippen molar-refractivity contribution in [1.29, 1.82) is 0 Å². The summed E-state index contributed by atoms with van der Waals surface area (Å²) in [4.78, 5) is 14.0. The molecule has 0 saturated carbocycles. The van der Waals surface area contributed by atoms with Crippen LogP contribution in [-0.2, 0) is 16.1 Å². The molecular formula is C24H24O3S. The van der Waals surface area contributed by atoms with E-state index in [0.29, 0.717) is 5.56 Å². The number of carbonyl (C=O) groups is 1. The molecule has 0 aliphatic rings. The smallest absolute Gasteiger partial charge is 0.225 e. The Morgan fingerprint density at radius 3 is 2.07 bits per heavy atom. The second-order valence-electron chi connectivity index (χ2n) is 6.71. The Hall–Kier alpha value is -2.40. The SMILES string of the molecule is Cc1cccc(C)c1SC(=O)C(OCc1ccccc1)C(O)c1ccccc1. The monoisotopic (exact) mass is 392 g/mol. The molecule has 0 saturated heterocycles. The summed E-state index contributed by atoms with van der Waals surface area (Å²) < 4.78 is 5.94. The summed E-state index contributed by atoms with van der Waals surface area (Å²) in [5.74, 6) is 0. The van der Waals surface area contributed by atoms with Gasteiger partial charge in [0.1, 0.15) is 6.10 Å². The number of carbonyl (C=O) groups excluding carboxylic acids is 1. The summed E-state index contributed by atoms with van der Waals surface area (Å²) in [7, 11) is 0. The molecular weight excluding hydrogens is 368 g/mol. The van der Waals surface area contributed by atoms with Crippen LogP contribution in [-0.4, -0.2) is 16.3 Å². The Labute approximate surface area is 170 Å². The molecule has 0 aliphatic heterocycles. The maximum atomic E-state index is 13.1. The van der Waals surface area contributed by atoms with Crippen molar-refractivity contribution in [3.63, 3.8) is 0 Å². The Balaban J connectivity index is 1.83. The number of hydrogen-bond acceptors (Lipinski definition) is 4. The third-order valence-corrected chi connectivity index (χ3v) is 5.83. The van der Waals surface area contributed by atoms with Gasteiger partial charge in [-0.25, -0.2) is 0 Å². The lowest BCUT2D eigenvalue weighted by molar-refractivity contribution is -0.131. The molecule has 0 fully saturated rings. The Morgan fingerprint density at radius 2 is 1.46 bits per heavy atom. The predicted molar refractivity (Wildman–Crippen MR) is 113 cm³/mol. The molecule has 2 unspecified atom stereocenters. The van der Waals surface area contributed by atoms with Crippen LogP contribution >= 0.6 is 11.8 Å². The van der Waals surface area contributed by atoms with Crippen molar-refractivity contribution in [3.05, 3.63) is 101 Å². The molecule has 0 amide bonds. The summed E-state index contributed by atoms with van der Waals surface area (Å²) in [6.07, 6.45) is -2.00. The highest BCUT2D eigenvalue weighted by Crippen LogP contribution is 2.32. The fourth-order valence-corrected chi connectivity index (χ4v) is 3.96. The van der Waals surface area contributed by atoms with Gasteiger partial charge in [0.25, 0.3) is 0 Å². The van der Waals surface area contributed by atoms with Crippen molar-refractivity contribution in [2.45, 2.75) is 37.6 Å². The molecule has 0 radical (unpaired) electrons. The van der Waals surface area contributed by atoms with E-state index in [1.807, 2.05) is 80.6 Å². The summed E-state index contributed by atoms with van der Waals surface area (Å²) in [6, 6.07) is 24.8. The van der Waals surface area contributed by atoms with E-state index in [-0.39, 0.29) is 11.7 Å². The average Bonchev–Trinajstić information content (AvgIpc) is 2.72. The van der Waals surface area contributed by atoms with E-state index in [1.165, 1.54) is 0 Å². The van der Waals surface area contributed by atoms with E-state index in [9.17, 15) is 9.90 Å². The molecule has 3 aromatic rings. The van der Waals surface area contributed by atoms with Crippen LogP contribution in [0.4, 0.5) is 0 Å². The number of aliphatic hydroxyl groups is 1. The van der Waals surface area contributed by atoms with Crippen molar-refractivity contribution < 1.29 is 14.6 Å². The molecule has 0 spiro atoms. The van der Waals surface area contributed by atoms with Gasteiger partial charge in [-0.2, -0.15) is 0 Å². The Bertz CT molecular complexity index is 889. The van der Waals surface area contributed by atoms with Gasteiger partial charge in [-0.1, -0.05) is 78.9 Å². The zero-order valence-electron chi connectivity index (χ0n) is 16.0. The first-order valence-electron chi connectivity index (χ1n) is 9.22. The van der Waals surface area contributed by atoms with Gasteiger partial charge in [0.2, 0.25) is 5.12 Å². The molecule has 144 valence electrons. The number of thioether (sulfide) groups is 1. The van der Waals surface area contributed by atoms with Crippen LogP contribution in [0.25, 0.3) is 0 Å². The average molecular weight is 393 g/mol. The maximum Gasteiger partial charge on any atom is 0.225 e. The van der Waals surface area contributed by atoms with Crippen LogP contribution < -0.4 is 0 Å². The van der Waals surface area contributed by atoms with E-state index >= 15 is 0 Å². The second kappa shape index (κ2) is 9.69. The number of benzene rings is 3. The van der Waals surface area contributed by atoms with Crippen molar-refractivity contribution in [3.8, 4) is 0 Å². The number of hydrogen-bond donors (Lipinski definition) is 1. The van der Waals surface area contributed by atoms with Crippen LogP contribution in [0, 0.1) is 13.8 Å². The summed E-state index contributed by atoms with van der Waals surface area (Å²) in [6.45, 7) is 4.22. The fraction of sp³-hybridized carbons (Fsp3) is 0.208. The molecule has 0 aliphatic carbocycles. The lowest BCUT2D eigenvalue weighted by Crippen LogP contribution is -2.29. The van der Waals surface area contributed by atoms with Gasteiger partial charge in [0.05, 0.1) is 6.61 Å². The topological polar surface area (TPSA) is 46.5 Å². The van der Waals surface area contributed by atoms with Crippen LogP contribution in [0.1, 0.15) is 28.4 Å². The summed E-state index contributed by atoms with van der Waals surface area (Å²) in [5, 5.41) is 10.7. The molecule has 28 heavy (non-hydrogen) atoms. The van der Waals surface area contributed by atoms with Gasteiger partial charge in [0, 0.05) is 4.90 Å². The van der Waals surface area contributed by atoms with Gasteiger partial charge >= 0.3 is 0 Å². The third-order valence-electron chi connectivity index (χ3n) is 4.54. The standard InChI is InChI=1S/C24H24O3S/c1-17-10-9-11-18(2)23(17)28-24(26)22(21(25)20-14-7-4-8-15-20)27-16-19-12-5-3-6-13-19/h3-15,21-22,25H,16H2,1-2H3. The first kappa shape index (κ1) is 20.3. The minimum absolute atomic E-state index is 0.204. The lowest BCUT2D eigenvalue weighted by atomic mass is 10.1. The molecule has 0 heterocycles. The van der Waals surface area contributed by atoms with Crippen molar-refractivity contribution in [2.24, 2.45) is 0 Å². The van der Waals surface area contributed by atoms with E-state index in [4.69, 9.17) is 4.74 Å². The van der Waals surface area contributed by atoms with Crippen LogP contribution in [0.5, 0.6) is 0 Å². The zero-order valence-corrected chi connectivity index (χ0v) is 16.9. The van der Waals surface area contributed by atoms with Gasteiger partial charge in [-0.15, -0.1) is 0 Å². The zero-order chi connectivity index (χ0) is 19.9. The number of ether oxygens (including phenoxy) is 1. The quantitative estimate of drug-likeness (QED) is 0.559. The second-order valence-corrected chi connectivity index (χ2v) is 7.73. The Morgan fingerprint density at radius 1 is 0.893 bits per heavy atom. The predicted octanol–water partition coefficient (Wildman–Crippen LogP) is 5.24. The number of rotatable bonds is 7. The molecule has 3 rings (SSSR count). The summed E-state index contributed by atoms with van der Waals surface area (Å²) >= 11 is 1.14. The van der Waals surface area contributed by atoms with Crippen molar-refractivity contribution in [1.82, 2.24) is 0 Å². The fourth-order valence-electron chi connectivity index (χ4n) is 2.99. The van der Waals surface area contributed by atoms with Gasteiger partial charge in [-0.3, -0.25) is 4.79 Å². The maximum absolute atomic E-state index is 13.1. The minimum atomic E-state index is -1.03. The molecule has 1 N–H and O–H groups in total. The third kappa shape index (κ3) is 5.10. The first-order valence-corrected chi connectivity index (χ1v) is 10.0. The van der Waals surface area contributed by atoms with E-state index in [2.05, 4.69) is 0 Å². The van der Waals surface area contributed by atoms with Crippen molar-refractivity contribution in [2.75, 3.05) is 0 Å². The van der Waals surface area contributed by atoms with Crippen LogP contribution in [0.3, 0.4) is 0 Å². The van der Waals surface area contributed by atoms with Crippen molar-refractivity contribution >= 4 is 16.9 Å². The van der Waals surface area contributed by atoms with E-state index < -0.39 is 12.2 Å². The number of aliphatic hydroxyl groups excluding tert-OH is 1. The van der Waals surface area contributed by atoms with Crippen LogP contribution in [0.15, 0.2) is 83.8 Å². The normalized spacial score (nSPS) is 13.1. The molecule has 0 bridgehead atoms. The highest BCUT2D eigenvalue weighted by atomic mass is 32.2. The lowest BCUT2D eigenvalue weighted by Gasteiger charge is -2.23.